The van der Waals surface area contributed by atoms with Crippen LogP contribution in [0, 0.1) is 11.6 Å². The van der Waals surface area contributed by atoms with Crippen LogP contribution in [-0.2, 0) is 0 Å². The average Bonchev–Trinajstić information content (AvgIpc) is 2.14. The van der Waals surface area contributed by atoms with E-state index in [1.165, 1.54) is 0 Å². The SMILES string of the molecule is CCCC1(N)CN(c2ncc(F)cc2F)C1. The Kier molecular flexibility index (Phi) is 2.80. The van der Waals surface area contributed by atoms with Gasteiger partial charge in [-0.05, 0) is 6.42 Å². The van der Waals surface area contributed by atoms with Crippen molar-refractivity contribution in [3.05, 3.63) is 23.9 Å². The summed E-state index contributed by atoms with van der Waals surface area (Å²) < 4.78 is 26.0. The number of hydrogen-bond acceptors (Lipinski definition) is 3. The first-order valence-electron chi connectivity index (χ1n) is 5.39. The first-order valence-corrected chi connectivity index (χ1v) is 5.39. The Morgan fingerprint density at radius 2 is 2.19 bits per heavy atom. The maximum Gasteiger partial charge on any atom is 0.168 e. The molecule has 0 saturated carbocycles. The van der Waals surface area contributed by atoms with Gasteiger partial charge in [0.05, 0.1) is 11.7 Å². The second-order valence-electron chi connectivity index (χ2n) is 4.43. The van der Waals surface area contributed by atoms with Gasteiger partial charge in [-0.25, -0.2) is 13.8 Å². The highest BCUT2D eigenvalue weighted by molar-refractivity contribution is 5.45. The monoisotopic (exact) mass is 227 g/mol. The lowest BCUT2D eigenvalue weighted by Crippen LogP contribution is -2.67. The van der Waals surface area contributed by atoms with Gasteiger partial charge in [-0.2, -0.15) is 0 Å². The maximum atomic E-state index is 13.4. The molecule has 2 N–H and O–H groups in total. The summed E-state index contributed by atoms with van der Waals surface area (Å²) >= 11 is 0. The maximum absolute atomic E-state index is 13.4. The van der Waals surface area contributed by atoms with Crippen molar-refractivity contribution in [3.63, 3.8) is 0 Å². The largest absolute Gasteiger partial charge is 0.350 e. The van der Waals surface area contributed by atoms with E-state index in [1.807, 2.05) is 0 Å². The van der Waals surface area contributed by atoms with E-state index in [1.54, 1.807) is 4.90 Å². The van der Waals surface area contributed by atoms with E-state index in [4.69, 9.17) is 5.73 Å². The first kappa shape index (κ1) is 11.3. The predicted octanol–water partition coefficient (Wildman–Crippen LogP) is 1.68. The number of halogens is 2. The van der Waals surface area contributed by atoms with Crippen LogP contribution >= 0.6 is 0 Å². The number of pyridine rings is 1. The van der Waals surface area contributed by atoms with Crippen LogP contribution in [-0.4, -0.2) is 23.6 Å². The molecule has 0 atom stereocenters. The lowest BCUT2D eigenvalue weighted by molar-refractivity contribution is 0.303. The molecule has 1 aromatic rings. The van der Waals surface area contributed by atoms with Gasteiger partial charge in [-0.3, -0.25) is 0 Å². The van der Waals surface area contributed by atoms with E-state index in [0.29, 0.717) is 13.1 Å². The molecule has 0 aliphatic carbocycles. The molecule has 1 saturated heterocycles. The Bertz CT molecular complexity index is 389. The van der Waals surface area contributed by atoms with Gasteiger partial charge in [0, 0.05) is 19.2 Å². The summed E-state index contributed by atoms with van der Waals surface area (Å²) in [7, 11) is 0. The summed E-state index contributed by atoms with van der Waals surface area (Å²) in [4.78, 5) is 5.49. The van der Waals surface area contributed by atoms with Gasteiger partial charge in [-0.1, -0.05) is 13.3 Å². The quantitative estimate of drug-likeness (QED) is 0.854. The first-order chi connectivity index (χ1) is 7.54. The molecule has 0 aromatic carbocycles. The normalized spacial score (nSPS) is 18.4. The van der Waals surface area contributed by atoms with Gasteiger partial charge in [0.1, 0.15) is 5.82 Å². The molecule has 0 unspecified atom stereocenters. The molecule has 2 heterocycles. The summed E-state index contributed by atoms with van der Waals surface area (Å²) in [5.74, 6) is -1.09. The molecular formula is C11H15F2N3. The number of nitrogens with two attached hydrogens (primary N) is 1. The van der Waals surface area contributed by atoms with Gasteiger partial charge in [0.2, 0.25) is 0 Å². The fraction of sp³-hybridized carbons (Fsp3) is 0.545. The van der Waals surface area contributed by atoms with Crippen LogP contribution in [0.25, 0.3) is 0 Å². The standard InChI is InChI=1S/C11H15F2N3/c1-2-3-11(14)6-16(7-11)10-9(13)4-8(12)5-15-10/h4-5H,2-3,6-7,14H2,1H3. The van der Waals surface area contributed by atoms with Crippen molar-refractivity contribution < 1.29 is 8.78 Å². The second kappa shape index (κ2) is 3.97. The molecule has 0 bridgehead atoms. The molecule has 1 fully saturated rings. The van der Waals surface area contributed by atoms with E-state index < -0.39 is 11.6 Å². The third kappa shape index (κ3) is 2.00. The Morgan fingerprint density at radius 1 is 1.50 bits per heavy atom. The predicted molar refractivity (Wildman–Crippen MR) is 58.2 cm³/mol. The van der Waals surface area contributed by atoms with Gasteiger partial charge >= 0.3 is 0 Å². The van der Waals surface area contributed by atoms with E-state index >= 15 is 0 Å². The minimum Gasteiger partial charge on any atom is -0.350 e. The van der Waals surface area contributed by atoms with Gasteiger partial charge in [0.15, 0.2) is 11.6 Å². The molecule has 0 spiro atoms. The van der Waals surface area contributed by atoms with Crippen molar-refractivity contribution in [1.82, 2.24) is 4.98 Å². The molecule has 3 nitrogen and oxygen atoms in total. The summed E-state index contributed by atoms with van der Waals surface area (Å²) in [5.41, 5.74) is 5.82. The number of rotatable bonds is 3. The molecule has 1 aliphatic heterocycles. The Hall–Kier alpha value is -1.23. The van der Waals surface area contributed by atoms with Crippen LogP contribution in [0.4, 0.5) is 14.6 Å². The van der Waals surface area contributed by atoms with Crippen molar-refractivity contribution in [2.24, 2.45) is 5.73 Å². The molecule has 1 aromatic heterocycles. The fourth-order valence-electron chi connectivity index (χ4n) is 2.16. The van der Waals surface area contributed by atoms with Crippen LogP contribution in [0.2, 0.25) is 0 Å². The van der Waals surface area contributed by atoms with Crippen molar-refractivity contribution in [2.75, 3.05) is 18.0 Å². The van der Waals surface area contributed by atoms with E-state index in [9.17, 15) is 8.78 Å². The minimum atomic E-state index is -0.658. The Labute approximate surface area is 93.3 Å². The highest BCUT2D eigenvalue weighted by atomic mass is 19.1. The van der Waals surface area contributed by atoms with Gasteiger partial charge in [0.25, 0.3) is 0 Å². The minimum absolute atomic E-state index is 0.193. The van der Waals surface area contributed by atoms with Crippen LogP contribution < -0.4 is 10.6 Å². The van der Waals surface area contributed by atoms with E-state index in [0.717, 1.165) is 25.1 Å². The van der Waals surface area contributed by atoms with E-state index in [-0.39, 0.29) is 11.4 Å². The van der Waals surface area contributed by atoms with Crippen molar-refractivity contribution >= 4 is 5.82 Å². The molecule has 0 radical (unpaired) electrons. The van der Waals surface area contributed by atoms with Crippen LogP contribution in [0.5, 0.6) is 0 Å². The molecule has 2 rings (SSSR count). The number of hydrogen-bond donors (Lipinski definition) is 1. The zero-order valence-corrected chi connectivity index (χ0v) is 9.21. The summed E-state index contributed by atoms with van der Waals surface area (Å²) in [6.07, 6.45) is 2.94. The summed E-state index contributed by atoms with van der Waals surface area (Å²) in [6.45, 7) is 3.22. The molecular weight excluding hydrogens is 212 g/mol. The van der Waals surface area contributed by atoms with E-state index in [2.05, 4.69) is 11.9 Å². The molecule has 0 amide bonds. The van der Waals surface area contributed by atoms with Crippen molar-refractivity contribution in [2.45, 2.75) is 25.3 Å². The number of nitrogens with zero attached hydrogens (tertiary/aromatic N) is 2. The van der Waals surface area contributed by atoms with Crippen LogP contribution in [0.1, 0.15) is 19.8 Å². The van der Waals surface area contributed by atoms with Gasteiger partial charge in [-0.15, -0.1) is 0 Å². The highest BCUT2D eigenvalue weighted by Crippen LogP contribution is 2.29. The lowest BCUT2D eigenvalue weighted by atomic mass is 9.86. The number of aromatic nitrogens is 1. The Balaban J connectivity index is 2.06. The third-order valence-electron chi connectivity index (χ3n) is 2.85. The zero-order chi connectivity index (χ0) is 11.8. The molecule has 5 heteroatoms. The highest BCUT2D eigenvalue weighted by Gasteiger charge is 2.40. The van der Waals surface area contributed by atoms with Crippen LogP contribution in [0.15, 0.2) is 12.3 Å². The molecule has 88 valence electrons. The molecule has 16 heavy (non-hydrogen) atoms. The molecule has 1 aliphatic rings. The Morgan fingerprint density at radius 3 is 2.75 bits per heavy atom. The van der Waals surface area contributed by atoms with Crippen LogP contribution in [0.3, 0.4) is 0 Å². The second-order valence-corrected chi connectivity index (χ2v) is 4.43. The van der Waals surface area contributed by atoms with Gasteiger partial charge < -0.3 is 10.6 Å². The lowest BCUT2D eigenvalue weighted by Gasteiger charge is -2.48. The average molecular weight is 227 g/mol. The smallest absolute Gasteiger partial charge is 0.168 e. The fourth-order valence-corrected chi connectivity index (χ4v) is 2.16. The van der Waals surface area contributed by atoms with Crippen molar-refractivity contribution in [1.29, 1.82) is 0 Å². The summed E-state index contributed by atoms with van der Waals surface area (Å²) in [5, 5.41) is 0. The third-order valence-corrected chi connectivity index (χ3v) is 2.85. The topological polar surface area (TPSA) is 42.1 Å². The zero-order valence-electron chi connectivity index (χ0n) is 9.21. The van der Waals surface area contributed by atoms with Crippen molar-refractivity contribution in [3.8, 4) is 0 Å². The number of anilines is 1. The summed E-state index contributed by atoms with van der Waals surface area (Å²) in [6, 6.07) is 0.846.